The van der Waals surface area contributed by atoms with Gasteiger partial charge >= 0.3 is 0 Å². The lowest BCUT2D eigenvalue weighted by molar-refractivity contribution is 0.469. The van der Waals surface area contributed by atoms with E-state index < -0.39 is 0 Å². The highest BCUT2D eigenvalue weighted by Gasteiger charge is 2.08. The van der Waals surface area contributed by atoms with Crippen LogP contribution in [0.15, 0.2) is 54.6 Å². The lowest BCUT2D eigenvalue weighted by Gasteiger charge is -2.22. The number of unbranched alkanes of at least 4 members (excludes halogenated alkanes) is 1. The first-order valence-corrected chi connectivity index (χ1v) is 7.95. The van der Waals surface area contributed by atoms with E-state index in [2.05, 4.69) is 26.8 Å². The molecule has 7 heteroatoms. The highest BCUT2D eigenvalue weighted by atomic mass is 127. The topological polar surface area (TPSA) is 45.5 Å². The van der Waals surface area contributed by atoms with Gasteiger partial charge in [0.2, 0.25) is 0 Å². The summed E-state index contributed by atoms with van der Waals surface area (Å²) in [6, 6.07) is 5.19. The number of benzene rings is 1. The Bertz CT molecular complexity index is 685. The molecule has 2 aromatic rings. The molecule has 0 spiro atoms. The van der Waals surface area contributed by atoms with E-state index in [9.17, 15) is 4.39 Å². The molecule has 0 bridgehead atoms. The van der Waals surface area contributed by atoms with Crippen LogP contribution in [0.3, 0.4) is 0 Å². The maximum absolute atomic E-state index is 14.3. The van der Waals surface area contributed by atoms with Gasteiger partial charge in [0.05, 0.1) is 12.0 Å². The second-order valence-corrected chi connectivity index (χ2v) is 5.51. The maximum atomic E-state index is 14.3. The minimum Gasteiger partial charge on any atom is -0.352 e. The predicted molar refractivity (Wildman–Crippen MR) is 111 cm³/mol. The highest BCUT2D eigenvalue weighted by Crippen LogP contribution is 2.15. The van der Waals surface area contributed by atoms with Crippen LogP contribution >= 0.6 is 24.0 Å². The van der Waals surface area contributed by atoms with E-state index in [1.54, 1.807) is 36.4 Å². The first-order chi connectivity index (χ1) is 11.7. The number of aromatic nitrogens is 2. The molecule has 2 rings (SSSR count). The Morgan fingerprint density at radius 3 is 2.88 bits per heavy atom. The number of nitrogens with zero attached hydrogens (tertiary/aromatic N) is 4. The van der Waals surface area contributed by atoms with Gasteiger partial charge in [0.25, 0.3) is 0 Å². The third-order valence-electron chi connectivity index (χ3n) is 3.72. The predicted octanol–water partition coefficient (Wildman–Crippen LogP) is 3.60. The number of nitrogens with one attached hydrogen (secondary N) is 1. The van der Waals surface area contributed by atoms with Crippen LogP contribution in [-0.2, 0) is 6.54 Å². The van der Waals surface area contributed by atoms with E-state index in [4.69, 9.17) is 0 Å². The average molecular weight is 457 g/mol. The van der Waals surface area contributed by atoms with Crippen LogP contribution in [0.5, 0.6) is 0 Å². The Morgan fingerprint density at radius 2 is 2.28 bits per heavy atom. The average Bonchev–Trinajstić information content (AvgIpc) is 3.10. The summed E-state index contributed by atoms with van der Waals surface area (Å²) in [5, 5.41) is 3.26. The molecule has 0 radical (unpaired) electrons. The van der Waals surface area contributed by atoms with Crippen molar-refractivity contribution >= 4 is 29.9 Å². The van der Waals surface area contributed by atoms with E-state index in [-0.39, 0.29) is 29.8 Å². The second kappa shape index (κ2) is 10.9. The lowest BCUT2D eigenvalue weighted by atomic mass is 10.2. The molecule has 1 N–H and O–H groups in total. The van der Waals surface area contributed by atoms with Gasteiger partial charge in [0.1, 0.15) is 5.82 Å². The van der Waals surface area contributed by atoms with E-state index in [0.29, 0.717) is 12.2 Å². The zero-order valence-corrected chi connectivity index (χ0v) is 17.0. The van der Waals surface area contributed by atoms with Crippen molar-refractivity contribution in [3.63, 3.8) is 0 Å². The quantitative estimate of drug-likeness (QED) is 0.227. The van der Waals surface area contributed by atoms with Gasteiger partial charge in [-0.05, 0) is 30.5 Å². The van der Waals surface area contributed by atoms with Crippen LogP contribution in [0.25, 0.3) is 5.69 Å². The SMILES string of the molecule is C=CCCCN(C)C(=NC)NCc1ccc(-n2ccnc2)c(F)c1.I. The molecule has 0 saturated heterocycles. The molecule has 136 valence electrons. The third kappa shape index (κ3) is 6.15. The molecule has 0 unspecified atom stereocenters. The van der Waals surface area contributed by atoms with Gasteiger partial charge in [-0.2, -0.15) is 0 Å². The second-order valence-electron chi connectivity index (χ2n) is 5.51. The molecule has 0 fully saturated rings. The summed E-state index contributed by atoms with van der Waals surface area (Å²) in [7, 11) is 3.73. The molecule has 5 nitrogen and oxygen atoms in total. The van der Waals surface area contributed by atoms with Crippen LogP contribution in [0.1, 0.15) is 18.4 Å². The van der Waals surface area contributed by atoms with E-state index in [1.807, 2.05) is 19.2 Å². The molecule has 0 atom stereocenters. The van der Waals surface area contributed by atoms with Crippen molar-refractivity contribution < 1.29 is 4.39 Å². The van der Waals surface area contributed by atoms with Gasteiger partial charge in [0.15, 0.2) is 5.96 Å². The van der Waals surface area contributed by atoms with E-state index in [1.165, 1.54) is 6.07 Å². The van der Waals surface area contributed by atoms with Gasteiger partial charge in [-0.25, -0.2) is 9.37 Å². The summed E-state index contributed by atoms with van der Waals surface area (Å²) in [4.78, 5) is 10.3. The Balaban J connectivity index is 0.00000312. The Kier molecular flexibility index (Phi) is 9.18. The molecule has 25 heavy (non-hydrogen) atoms. The Labute approximate surface area is 165 Å². The molecule has 1 aromatic heterocycles. The highest BCUT2D eigenvalue weighted by molar-refractivity contribution is 14.0. The van der Waals surface area contributed by atoms with Gasteiger partial charge in [-0.1, -0.05) is 12.1 Å². The van der Waals surface area contributed by atoms with Gasteiger partial charge in [0, 0.05) is 39.6 Å². The molecular weight excluding hydrogens is 432 g/mol. The van der Waals surface area contributed by atoms with Crippen molar-refractivity contribution in [3.05, 3.63) is 61.0 Å². The van der Waals surface area contributed by atoms with Crippen molar-refractivity contribution in [3.8, 4) is 5.69 Å². The normalized spacial score (nSPS) is 10.9. The molecule has 1 heterocycles. The van der Waals surface area contributed by atoms with Crippen molar-refractivity contribution in [2.24, 2.45) is 4.99 Å². The fourth-order valence-electron chi connectivity index (χ4n) is 2.42. The summed E-state index contributed by atoms with van der Waals surface area (Å²) in [5.74, 6) is 0.514. The molecule has 0 aliphatic heterocycles. The zero-order chi connectivity index (χ0) is 17.4. The summed E-state index contributed by atoms with van der Waals surface area (Å²) in [6.07, 6.45) is 8.83. The number of imidazole rings is 1. The van der Waals surface area contributed by atoms with E-state index in [0.717, 1.165) is 30.9 Å². The standard InChI is InChI=1S/C18H24FN5.HI/c1-4-5-6-10-23(3)18(20-2)22-13-15-7-8-17(16(19)12-15)24-11-9-21-14-24;/h4,7-9,11-12,14H,1,5-6,10,13H2,2-3H3,(H,20,22);1H. The summed E-state index contributed by atoms with van der Waals surface area (Å²) in [5.41, 5.74) is 1.35. The van der Waals surface area contributed by atoms with Crippen LogP contribution in [0, 0.1) is 5.82 Å². The zero-order valence-electron chi connectivity index (χ0n) is 14.7. The third-order valence-corrected chi connectivity index (χ3v) is 3.72. The van der Waals surface area contributed by atoms with Gasteiger partial charge in [-0.3, -0.25) is 4.99 Å². The fourth-order valence-corrected chi connectivity index (χ4v) is 2.42. The van der Waals surface area contributed by atoms with Gasteiger partial charge < -0.3 is 14.8 Å². The number of hydrogen-bond donors (Lipinski definition) is 1. The largest absolute Gasteiger partial charge is 0.352 e. The first-order valence-electron chi connectivity index (χ1n) is 7.95. The van der Waals surface area contributed by atoms with Crippen LogP contribution < -0.4 is 5.32 Å². The Hall–Kier alpha value is -1.90. The number of halogens is 2. The summed E-state index contributed by atoms with van der Waals surface area (Å²) < 4.78 is 15.9. The molecule has 0 aliphatic carbocycles. The van der Waals surface area contributed by atoms with Crippen molar-refractivity contribution in [1.29, 1.82) is 0 Å². The smallest absolute Gasteiger partial charge is 0.193 e. The lowest BCUT2D eigenvalue weighted by Crippen LogP contribution is -2.39. The van der Waals surface area contributed by atoms with E-state index >= 15 is 0 Å². The number of allylic oxidation sites excluding steroid dienone is 1. The maximum Gasteiger partial charge on any atom is 0.193 e. The number of hydrogen-bond acceptors (Lipinski definition) is 2. The summed E-state index contributed by atoms with van der Waals surface area (Å²) in [6.45, 7) is 5.13. The van der Waals surface area contributed by atoms with Crippen LogP contribution in [0.4, 0.5) is 4.39 Å². The minimum atomic E-state index is -0.276. The van der Waals surface area contributed by atoms with Crippen molar-refractivity contribution in [2.45, 2.75) is 19.4 Å². The first kappa shape index (κ1) is 21.1. The molecule has 1 aromatic carbocycles. The molecule has 0 amide bonds. The molecule has 0 aliphatic rings. The van der Waals surface area contributed by atoms with Crippen molar-refractivity contribution in [2.75, 3.05) is 20.6 Å². The molecule has 0 saturated carbocycles. The van der Waals surface area contributed by atoms with Crippen LogP contribution in [-0.4, -0.2) is 41.1 Å². The number of aliphatic imine (C=N–C) groups is 1. The van der Waals surface area contributed by atoms with Crippen LogP contribution in [0.2, 0.25) is 0 Å². The fraction of sp³-hybridized carbons (Fsp3) is 0.333. The van der Waals surface area contributed by atoms with Crippen molar-refractivity contribution in [1.82, 2.24) is 19.8 Å². The summed E-state index contributed by atoms with van der Waals surface area (Å²) >= 11 is 0. The molecular formula is C18H25FIN5. The number of rotatable bonds is 7. The minimum absolute atomic E-state index is 0. The van der Waals surface area contributed by atoms with Gasteiger partial charge in [-0.15, -0.1) is 30.6 Å². The Morgan fingerprint density at radius 1 is 1.48 bits per heavy atom. The monoisotopic (exact) mass is 457 g/mol. The number of guanidine groups is 1.